The Kier molecular flexibility index (Phi) is 4.70. The van der Waals surface area contributed by atoms with Gasteiger partial charge in [0.1, 0.15) is 4.90 Å². The van der Waals surface area contributed by atoms with Gasteiger partial charge in [0.15, 0.2) is 0 Å². The van der Waals surface area contributed by atoms with E-state index in [0.29, 0.717) is 0 Å². The van der Waals surface area contributed by atoms with Gasteiger partial charge in [0, 0.05) is 5.69 Å². The summed E-state index contributed by atoms with van der Waals surface area (Å²) < 4.78 is 21.5. The molecule has 0 saturated carbocycles. The largest absolute Gasteiger partial charge is 0.399 e. The quantitative estimate of drug-likeness (QED) is 0.672. The first-order valence-electron chi connectivity index (χ1n) is 5.09. The molecule has 2 aromatic rings. The van der Waals surface area contributed by atoms with Crippen molar-refractivity contribution in [2.24, 2.45) is 5.14 Å². The normalized spacial score (nSPS) is 10.3. The first kappa shape index (κ1) is 14.0. The van der Waals surface area contributed by atoms with E-state index in [4.69, 9.17) is 16.6 Å². The molecule has 0 heterocycles. The van der Waals surface area contributed by atoms with Gasteiger partial charge in [0.2, 0.25) is 10.0 Å². The van der Waals surface area contributed by atoms with Crippen LogP contribution in [0.25, 0.3) is 0 Å². The van der Waals surface area contributed by atoms with Crippen molar-refractivity contribution in [3.63, 3.8) is 0 Å². The smallest absolute Gasteiger partial charge is 0.240 e. The van der Waals surface area contributed by atoms with Crippen LogP contribution in [0.1, 0.15) is 0 Å². The Morgan fingerprint density at radius 2 is 1.28 bits per heavy atom. The molecule has 96 valence electrons. The highest BCUT2D eigenvalue weighted by Gasteiger charge is 2.09. The van der Waals surface area contributed by atoms with Crippen molar-refractivity contribution in [1.82, 2.24) is 0 Å². The molecule has 0 saturated heterocycles. The average molecular weight is 265 g/mol. The van der Waals surface area contributed by atoms with Gasteiger partial charge in [0.25, 0.3) is 0 Å². The van der Waals surface area contributed by atoms with Gasteiger partial charge in [-0.1, -0.05) is 30.3 Å². The third-order valence-corrected chi connectivity index (χ3v) is 3.01. The molecule has 6 heteroatoms. The molecule has 2 rings (SSSR count). The van der Waals surface area contributed by atoms with E-state index >= 15 is 0 Å². The Labute approximate surface area is 106 Å². The Morgan fingerprint density at radius 3 is 1.61 bits per heavy atom. The topological polar surface area (TPSA) is 112 Å². The van der Waals surface area contributed by atoms with Crippen LogP contribution in [0, 0.1) is 0 Å². The zero-order chi connectivity index (χ0) is 13.6. The Morgan fingerprint density at radius 1 is 0.778 bits per heavy atom. The van der Waals surface area contributed by atoms with Gasteiger partial charge >= 0.3 is 0 Å². The lowest BCUT2D eigenvalue weighted by Gasteiger charge is -2.00. The number of nitrogen functional groups attached to an aromatic ring is 2. The standard InChI is InChI=1S/C6H8N2O2S.C6H7N/c7-5-3-1-2-4-6(5)11(8,9)10;7-6-4-2-1-3-5-6/h1-4H,7H2,(H2,8,9,10);1-5H,7H2. The second-order valence-corrected chi connectivity index (χ2v) is 5.02. The lowest BCUT2D eigenvalue weighted by molar-refractivity contribution is 0.598. The molecule has 0 fully saturated rings. The predicted octanol–water partition coefficient (Wildman–Crippen LogP) is 1.19. The molecule has 0 spiro atoms. The number of anilines is 2. The maximum absolute atomic E-state index is 10.8. The average Bonchev–Trinajstić information content (AvgIpc) is 2.30. The molecule has 0 aliphatic carbocycles. The maximum Gasteiger partial charge on any atom is 0.240 e. The zero-order valence-electron chi connectivity index (χ0n) is 9.65. The molecular formula is C12H15N3O2S. The summed E-state index contributed by atoms with van der Waals surface area (Å²) in [5.41, 5.74) is 11.7. The second-order valence-electron chi connectivity index (χ2n) is 3.49. The van der Waals surface area contributed by atoms with Crippen LogP contribution in [0.3, 0.4) is 0 Å². The molecule has 0 aromatic heterocycles. The highest BCUT2D eigenvalue weighted by atomic mass is 32.2. The molecule has 0 atom stereocenters. The third-order valence-electron chi connectivity index (χ3n) is 2.03. The summed E-state index contributed by atoms with van der Waals surface area (Å²) in [5, 5.41) is 4.85. The monoisotopic (exact) mass is 265 g/mol. The van der Waals surface area contributed by atoms with Crippen molar-refractivity contribution >= 4 is 21.4 Å². The summed E-state index contributed by atoms with van der Waals surface area (Å²) in [7, 11) is -3.66. The van der Waals surface area contributed by atoms with E-state index in [1.54, 1.807) is 12.1 Å². The summed E-state index contributed by atoms with van der Waals surface area (Å²) in [5.74, 6) is 0. The van der Waals surface area contributed by atoms with Crippen LogP contribution in [0.15, 0.2) is 59.5 Å². The molecule has 5 nitrogen and oxygen atoms in total. The highest BCUT2D eigenvalue weighted by Crippen LogP contribution is 2.14. The van der Waals surface area contributed by atoms with Gasteiger partial charge in [-0.25, -0.2) is 13.6 Å². The van der Waals surface area contributed by atoms with E-state index in [0.717, 1.165) is 5.69 Å². The van der Waals surface area contributed by atoms with Gasteiger partial charge in [-0.15, -0.1) is 0 Å². The number of hydrogen-bond donors (Lipinski definition) is 3. The van der Waals surface area contributed by atoms with Crippen LogP contribution in [-0.2, 0) is 10.0 Å². The fraction of sp³-hybridized carbons (Fsp3) is 0. The molecule has 0 radical (unpaired) electrons. The number of nitrogens with two attached hydrogens (primary N) is 3. The molecular weight excluding hydrogens is 250 g/mol. The third kappa shape index (κ3) is 4.44. The number of rotatable bonds is 1. The van der Waals surface area contributed by atoms with E-state index < -0.39 is 10.0 Å². The molecule has 6 N–H and O–H groups in total. The molecule has 0 aliphatic rings. The Bertz CT molecular complexity index is 598. The van der Waals surface area contributed by atoms with Crippen molar-refractivity contribution in [3.05, 3.63) is 54.6 Å². The predicted molar refractivity (Wildman–Crippen MR) is 73.1 cm³/mol. The van der Waals surface area contributed by atoms with Crippen LogP contribution in [-0.4, -0.2) is 8.42 Å². The van der Waals surface area contributed by atoms with Crippen LogP contribution in [0.2, 0.25) is 0 Å². The SMILES string of the molecule is Nc1ccccc1.Nc1ccccc1S(N)(=O)=O. The Hall–Kier alpha value is -2.05. The fourth-order valence-electron chi connectivity index (χ4n) is 1.19. The van der Waals surface area contributed by atoms with Crippen molar-refractivity contribution in [2.45, 2.75) is 4.90 Å². The number of sulfonamides is 1. The van der Waals surface area contributed by atoms with Gasteiger partial charge < -0.3 is 11.5 Å². The lowest BCUT2D eigenvalue weighted by atomic mass is 10.3. The summed E-state index contributed by atoms with van der Waals surface area (Å²) in [6, 6.07) is 15.5. The van der Waals surface area contributed by atoms with Crippen LogP contribution < -0.4 is 16.6 Å². The number of para-hydroxylation sites is 2. The minimum absolute atomic E-state index is 0.0278. The van der Waals surface area contributed by atoms with Gasteiger partial charge in [-0.2, -0.15) is 0 Å². The summed E-state index contributed by atoms with van der Waals surface area (Å²) in [6.45, 7) is 0. The summed E-state index contributed by atoms with van der Waals surface area (Å²) >= 11 is 0. The van der Waals surface area contributed by atoms with Crippen molar-refractivity contribution < 1.29 is 8.42 Å². The number of hydrogen-bond acceptors (Lipinski definition) is 4. The highest BCUT2D eigenvalue weighted by molar-refractivity contribution is 7.89. The van der Waals surface area contributed by atoms with Gasteiger partial charge in [-0.3, -0.25) is 0 Å². The minimum atomic E-state index is -3.66. The van der Waals surface area contributed by atoms with Crippen molar-refractivity contribution in [2.75, 3.05) is 11.5 Å². The second kappa shape index (κ2) is 6.04. The summed E-state index contributed by atoms with van der Waals surface area (Å²) in [4.78, 5) is -0.0278. The Balaban J connectivity index is 0.000000199. The zero-order valence-corrected chi connectivity index (χ0v) is 10.5. The molecule has 2 aromatic carbocycles. The van der Waals surface area contributed by atoms with E-state index in [2.05, 4.69) is 0 Å². The van der Waals surface area contributed by atoms with Crippen LogP contribution >= 0.6 is 0 Å². The number of primary sulfonamides is 1. The van der Waals surface area contributed by atoms with Crippen molar-refractivity contribution in [1.29, 1.82) is 0 Å². The van der Waals surface area contributed by atoms with E-state index in [-0.39, 0.29) is 10.6 Å². The van der Waals surface area contributed by atoms with Crippen LogP contribution in [0.4, 0.5) is 11.4 Å². The maximum atomic E-state index is 10.8. The lowest BCUT2D eigenvalue weighted by Crippen LogP contribution is -2.13. The molecule has 0 aliphatic heterocycles. The van der Waals surface area contributed by atoms with E-state index in [9.17, 15) is 8.42 Å². The first-order valence-corrected chi connectivity index (χ1v) is 6.63. The first-order chi connectivity index (χ1) is 8.41. The molecule has 0 bridgehead atoms. The van der Waals surface area contributed by atoms with Gasteiger partial charge in [0.05, 0.1) is 5.69 Å². The van der Waals surface area contributed by atoms with E-state index in [1.165, 1.54) is 12.1 Å². The molecule has 0 amide bonds. The van der Waals surface area contributed by atoms with Crippen molar-refractivity contribution in [3.8, 4) is 0 Å². The fourth-order valence-corrected chi connectivity index (χ4v) is 1.86. The molecule has 0 unspecified atom stereocenters. The summed E-state index contributed by atoms with van der Waals surface area (Å²) in [6.07, 6.45) is 0. The van der Waals surface area contributed by atoms with E-state index in [1.807, 2.05) is 30.3 Å². The molecule has 18 heavy (non-hydrogen) atoms. The minimum Gasteiger partial charge on any atom is -0.399 e. The van der Waals surface area contributed by atoms with Gasteiger partial charge in [-0.05, 0) is 24.3 Å². The number of benzene rings is 2. The van der Waals surface area contributed by atoms with Crippen LogP contribution in [0.5, 0.6) is 0 Å².